The fourth-order valence-corrected chi connectivity index (χ4v) is 4.65. The number of carbonyl (C=O) groups is 2. The highest BCUT2D eigenvalue weighted by atomic mass is 16.5. The van der Waals surface area contributed by atoms with Crippen LogP contribution in [0.15, 0.2) is 54.6 Å². The number of esters is 1. The van der Waals surface area contributed by atoms with Gasteiger partial charge in [-0.1, -0.05) is 49.6 Å². The van der Waals surface area contributed by atoms with Crippen LogP contribution in [0.1, 0.15) is 65.8 Å². The van der Waals surface area contributed by atoms with Gasteiger partial charge in [0.15, 0.2) is 5.65 Å². The van der Waals surface area contributed by atoms with Gasteiger partial charge in [0.25, 0.3) is 5.91 Å². The first kappa shape index (κ1) is 21.1. The zero-order valence-corrected chi connectivity index (χ0v) is 18.6. The highest BCUT2D eigenvalue weighted by molar-refractivity contribution is 6.13. The van der Waals surface area contributed by atoms with E-state index < -0.39 is 5.97 Å². The molecular weight excluding hydrogens is 416 g/mol. The Labute approximate surface area is 191 Å². The Bertz CT molecular complexity index is 1320. The minimum atomic E-state index is -0.509. The van der Waals surface area contributed by atoms with Gasteiger partial charge >= 0.3 is 5.97 Å². The summed E-state index contributed by atoms with van der Waals surface area (Å²) in [6.45, 7) is 1.99. The average Bonchev–Trinajstić information content (AvgIpc) is 3.16. The van der Waals surface area contributed by atoms with Crippen LogP contribution >= 0.6 is 0 Å². The quantitative estimate of drug-likeness (QED) is 0.411. The van der Waals surface area contributed by atoms with Crippen molar-refractivity contribution in [3.05, 3.63) is 65.7 Å². The van der Waals surface area contributed by atoms with Gasteiger partial charge in [0.2, 0.25) is 0 Å². The third kappa shape index (κ3) is 3.95. The molecule has 1 saturated carbocycles. The molecule has 7 nitrogen and oxygen atoms in total. The molecule has 1 aliphatic rings. The fraction of sp³-hybridized carbons (Fsp3) is 0.308. The smallest absolute Gasteiger partial charge is 0.344 e. The number of carbonyl (C=O) groups excluding carboxylic acids is 2. The number of para-hydroxylation sites is 2. The van der Waals surface area contributed by atoms with Gasteiger partial charge in [0.1, 0.15) is 16.9 Å². The third-order valence-corrected chi connectivity index (χ3v) is 6.18. The van der Waals surface area contributed by atoms with Gasteiger partial charge in [0.05, 0.1) is 17.6 Å². The molecule has 1 fully saturated rings. The number of nitrogens with zero attached hydrogens (tertiary/aromatic N) is 3. The van der Waals surface area contributed by atoms with Gasteiger partial charge in [-0.05, 0) is 44.0 Å². The first-order valence-corrected chi connectivity index (χ1v) is 11.5. The molecule has 2 aromatic carbocycles. The van der Waals surface area contributed by atoms with E-state index in [1.54, 1.807) is 19.1 Å². The van der Waals surface area contributed by atoms with Gasteiger partial charge in [-0.3, -0.25) is 4.79 Å². The van der Waals surface area contributed by atoms with Crippen LogP contribution in [0.4, 0.5) is 5.82 Å². The van der Waals surface area contributed by atoms with Crippen molar-refractivity contribution in [2.24, 2.45) is 0 Å². The standard InChI is InChI=1S/C26H26N4O3/c1-2-33-26(32)21-22-24(28-20-16-10-9-15-19(20)27-22)30(18-13-7-4-8-14-18)23(21)29-25(31)17-11-5-3-6-12-17/h3,5-6,9-12,15-16,18H,2,4,7-8,13-14H2,1H3,(H,29,31). The third-order valence-electron chi connectivity index (χ3n) is 6.18. The van der Waals surface area contributed by atoms with E-state index in [4.69, 9.17) is 14.7 Å². The number of hydrogen-bond acceptors (Lipinski definition) is 5. The van der Waals surface area contributed by atoms with E-state index in [9.17, 15) is 9.59 Å². The summed E-state index contributed by atoms with van der Waals surface area (Å²) in [4.78, 5) is 36.0. The summed E-state index contributed by atoms with van der Waals surface area (Å²) in [7, 11) is 0. The van der Waals surface area contributed by atoms with Crippen molar-refractivity contribution in [3.8, 4) is 0 Å². The summed E-state index contributed by atoms with van der Waals surface area (Å²) in [5, 5.41) is 3.02. The summed E-state index contributed by atoms with van der Waals surface area (Å²) < 4.78 is 7.42. The Morgan fingerprint density at radius 2 is 1.64 bits per heavy atom. The van der Waals surface area contributed by atoms with Crippen molar-refractivity contribution < 1.29 is 14.3 Å². The zero-order valence-electron chi connectivity index (χ0n) is 18.6. The first-order chi connectivity index (χ1) is 16.2. The Balaban J connectivity index is 1.76. The summed E-state index contributed by atoms with van der Waals surface area (Å²) >= 11 is 0. The molecule has 0 atom stereocenters. The van der Waals surface area contributed by atoms with Crippen molar-refractivity contribution >= 4 is 39.9 Å². The van der Waals surface area contributed by atoms with Crippen molar-refractivity contribution in [3.63, 3.8) is 0 Å². The monoisotopic (exact) mass is 442 g/mol. The van der Waals surface area contributed by atoms with Crippen LogP contribution in [-0.2, 0) is 4.74 Å². The van der Waals surface area contributed by atoms with Crippen molar-refractivity contribution in [1.82, 2.24) is 14.5 Å². The van der Waals surface area contributed by atoms with E-state index in [-0.39, 0.29) is 24.1 Å². The highest BCUT2D eigenvalue weighted by Gasteiger charge is 2.31. The highest BCUT2D eigenvalue weighted by Crippen LogP contribution is 2.38. The number of nitrogens with one attached hydrogen (secondary N) is 1. The van der Waals surface area contributed by atoms with Crippen molar-refractivity contribution in [2.75, 3.05) is 11.9 Å². The lowest BCUT2D eigenvalue weighted by Crippen LogP contribution is -2.21. The summed E-state index contributed by atoms with van der Waals surface area (Å²) in [6, 6.07) is 16.7. The number of amides is 1. The Morgan fingerprint density at radius 1 is 0.970 bits per heavy atom. The molecule has 0 unspecified atom stereocenters. The van der Waals surface area contributed by atoms with Crippen LogP contribution < -0.4 is 5.32 Å². The number of hydrogen-bond donors (Lipinski definition) is 1. The van der Waals surface area contributed by atoms with Gasteiger partial charge in [-0.15, -0.1) is 0 Å². The lowest BCUT2D eigenvalue weighted by Gasteiger charge is -2.26. The molecule has 1 N–H and O–H groups in total. The SMILES string of the molecule is CCOC(=O)c1c(NC(=O)c2ccccc2)n(C2CCCCC2)c2nc3ccccc3nc12. The molecule has 168 valence electrons. The number of rotatable bonds is 5. The molecule has 7 heteroatoms. The predicted octanol–water partition coefficient (Wildman–Crippen LogP) is 5.52. The van der Waals surface area contributed by atoms with E-state index in [2.05, 4.69) is 5.32 Å². The molecular formula is C26H26N4O3. The number of fused-ring (bicyclic) bond motifs is 2. The van der Waals surface area contributed by atoms with Gasteiger partial charge in [0, 0.05) is 11.6 Å². The molecule has 0 aliphatic heterocycles. The van der Waals surface area contributed by atoms with E-state index in [1.165, 1.54) is 6.42 Å². The normalized spacial score (nSPS) is 14.5. The first-order valence-electron chi connectivity index (χ1n) is 11.5. The minimum Gasteiger partial charge on any atom is -0.462 e. The summed E-state index contributed by atoms with van der Waals surface area (Å²) in [5.41, 5.74) is 3.28. The molecule has 0 spiro atoms. The second-order valence-corrected chi connectivity index (χ2v) is 8.31. The number of anilines is 1. The van der Waals surface area contributed by atoms with Gasteiger partial charge < -0.3 is 14.6 Å². The molecule has 1 amide bonds. The topological polar surface area (TPSA) is 86.1 Å². The molecule has 0 saturated heterocycles. The molecule has 2 aromatic heterocycles. The van der Waals surface area contributed by atoms with Crippen LogP contribution in [0.5, 0.6) is 0 Å². The molecule has 5 rings (SSSR count). The number of aromatic nitrogens is 3. The second kappa shape index (κ2) is 9.02. The second-order valence-electron chi connectivity index (χ2n) is 8.31. The van der Waals surface area contributed by atoms with Gasteiger partial charge in [-0.25, -0.2) is 14.8 Å². The van der Waals surface area contributed by atoms with Gasteiger partial charge in [-0.2, -0.15) is 0 Å². The molecule has 4 aromatic rings. The fourth-order valence-electron chi connectivity index (χ4n) is 4.65. The van der Waals surface area contributed by atoms with Crippen molar-refractivity contribution in [2.45, 2.75) is 45.1 Å². The zero-order chi connectivity index (χ0) is 22.8. The maximum Gasteiger partial charge on any atom is 0.344 e. The van der Waals surface area contributed by atoms with Crippen LogP contribution in [0.25, 0.3) is 22.2 Å². The van der Waals surface area contributed by atoms with Crippen LogP contribution in [-0.4, -0.2) is 33.0 Å². The van der Waals surface area contributed by atoms with E-state index in [0.29, 0.717) is 28.1 Å². The lowest BCUT2D eigenvalue weighted by molar-refractivity contribution is 0.0529. The minimum absolute atomic E-state index is 0.117. The van der Waals surface area contributed by atoms with E-state index >= 15 is 0 Å². The van der Waals surface area contributed by atoms with Crippen LogP contribution in [0, 0.1) is 0 Å². The predicted molar refractivity (Wildman–Crippen MR) is 128 cm³/mol. The van der Waals surface area contributed by atoms with Crippen LogP contribution in [0.3, 0.4) is 0 Å². The molecule has 1 aliphatic carbocycles. The lowest BCUT2D eigenvalue weighted by atomic mass is 9.95. The molecule has 0 bridgehead atoms. The molecule has 2 heterocycles. The van der Waals surface area contributed by atoms with E-state index in [1.807, 2.05) is 47.0 Å². The van der Waals surface area contributed by atoms with E-state index in [0.717, 1.165) is 31.2 Å². The number of benzene rings is 2. The molecule has 0 radical (unpaired) electrons. The maximum atomic E-state index is 13.2. The number of ether oxygens (including phenoxy) is 1. The Hall–Kier alpha value is -3.74. The summed E-state index contributed by atoms with van der Waals surface area (Å²) in [5.74, 6) is -0.380. The largest absolute Gasteiger partial charge is 0.462 e. The Kier molecular flexibility index (Phi) is 5.77. The molecule has 33 heavy (non-hydrogen) atoms. The van der Waals surface area contributed by atoms with Crippen molar-refractivity contribution in [1.29, 1.82) is 0 Å². The van der Waals surface area contributed by atoms with Crippen LogP contribution in [0.2, 0.25) is 0 Å². The maximum absolute atomic E-state index is 13.2. The summed E-state index contributed by atoms with van der Waals surface area (Å²) in [6.07, 6.45) is 5.27. The Morgan fingerprint density at radius 3 is 2.33 bits per heavy atom. The average molecular weight is 443 g/mol.